The van der Waals surface area contributed by atoms with Crippen molar-refractivity contribution in [1.82, 2.24) is 9.29 Å². The van der Waals surface area contributed by atoms with E-state index < -0.39 is 16.0 Å². The van der Waals surface area contributed by atoms with Gasteiger partial charge < -0.3 is 10.1 Å². The lowest BCUT2D eigenvalue weighted by molar-refractivity contribution is -0.113. The summed E-state index contributed by atoms with van der Waals surface area (Å²) in [6, 6.07) is 4.75. The van der Waals surface area contributed by atoms with Crippen molar-refractivity contribution < 1.29 is 22.7 Å². The van der Waals surface area contributed by atoms with Crippen LogP contribution in [-0.4, -0.2) is 55.0 Å². The largest absolute Gasteiger partial charge is 0.462 e. The number of hydrogen-bond donors (Lipinski definition) is 1. The molecule has 1 amide bonds. The third kappa shape index (κ3) is 6.28. The first-order chi connectivity index (χ1) is 14.9. The van der Waals surface area contributed by atoms with E-state index in [0.717, 1.165) is 25.7 Å². The molecule has 2 aromatic heterocycles. The standard InChI is InChI=1S/C20H25N3O5S3/c1-2-28-20(25)16-9-12-29-19(16)22-17(24)14-30-18-8-7-15(13-21-18)31(26,27)23-10-5-3-4-6-11-23/h7-9,12-13H,2-6,10-11,14H2,1H3,(H,22,24). The molecular weight excluding hydrogens is 458 g/mol. The molecule has 0 bridgehead atoms. The molecule has 1 N–H and O–H groups in total. The van der Waals surface area contributed by atoms with Crippen LogP contribution >= 0.6 is 23.1 Å². The van der Waals surface area contributed by atoms with E-state index in [0.29, 0.717) is 28.7 Å². The van der Waals surface area contributed by atoms with Gasteiger partial charge in [-0.15, -0.1) is 11.3 Å². The van der Waals surface area contributed by atoms with E-state index >= 15 is 0 Å². The minimum Gasteiger partial charge on any atom is -0.462 e. The van der Waals surface area contributed by atoms with E-state index in [1.54, 1.807) is 24.4 Å². The van der Waals surface area contributed by atoms with Crippen molar-refractivity contribution in [1.29, 1.82) is 0 Å². The molecular formula is C20H25N3O5S3. The molecule has 3 heterocycles. The Morgan fingerprint density at radius 3 is 2.58 bits per heavy atom. The maximum absolute atomic E-state index is 12.8. The SMILES string of the molecule is CCOC(=O)c1ccsc1NC(=O)CSc1ccc(S(=O)(=O)N2CCCCCC2)cn1. The van der Waals surface area contributed by atoms with Gasteiger partial charge in [-0.05, 0) is 43.3 Å². The van der Waals surface area contributed by atoms with Crippen LogP contribution in [0.25, 0.3) is 0 Å². The smallest absolute Gasteiger partial charge is 0.341 e. The van der Waals surface area contributed by atoms with Crippen molar-refractivity contribution in [2.24, 2.45) is 0 Å². The summed E-state index contributed by atoms with van der Waals surface area (Å²) in [5.41, 5.74) is 0.325. The van der Waals surface area contributed by atoms with Crippen LogP contribution in [0.2, 0.25) is 0 Å². The van der Waals surface area contributed by atoms with Crippen molar-refractivity contribution in [3.8, 4) is 0 Å². The van der Waals surface area contributed by atoms with Gasteiger partial charge in [0, 0.05) is 19.3 Å². The Balaban J connectivity index is 1.56. The van der Waals surface area contributed by atoms with Gasteiger partial charge in [-0.1, -0.05) is 24.6 Å². The quantitative estimate of drug-likeness (QED) is 0.451. The number of nitrogens with one attached hydrogen (secondary N) is 1. The Morgan fingerprint density at radius 1 is 1.19 bits per heavy atom. The number of carbonyl (C=O) groups excluding carboxylic acids is 2. The first-order valence-electron chi connectivity index (χ1n) is 10.0. The number of esters is 1. The maximum atomic E-state index is 12.8. The highest BCUT2D eigenvalue weighted by Gasteiger charge is 2.25. The molecule has 3 rings (SSSR count). The molecule has 1 fully saturated rings. The third-order valence-corrected chi connectivity index (χ3v) is 8.33. The van der Waals surface area contributed by atoms with Gasteiger partial charge in [0.05, 0.1) is 22.9 Å². The minimum absolute atomic E-state index is 0.0748. The van der Waals surface area contributed by atoms with Crippen LogP contribution in [0.5, 0.6) is 0 Å². The molecule has 0 aromatic carbocycles. The van der Waals surface area contributed by atoms with Crippen LogP contribution in [0.15, 0.2) is 39.7 Å². The first kappa shape index (κ1) is 23.7. The van der Waals surface area contributed by atoms with Gasteiger partial charge in [-0.3, -0.25) is 4.79 Å². The number of anilines is 1. The summed E-state index contributed by atoms with van der Waals surface area (Å²) in [6.07, 6.45) is 5.19. The monoisotopic (exact) mass is 483 g/mol. The van der Waals surface area contributed by atoms with Gasteiger partial charge >= 0.3 is 5.97 Å². The number of sulfonamides is 1. The zero-order valence-corrected chi connectivity index (χ0v) is 19.7. The van der Waals surface area contributed by atoms with E-state index in [9.17, 15) is 18.0 Å². The zero-order chi connectivity index (χ0) is 22.3. The molecule has 0 unspecified atom stereocenters. The highest BCUT2D eigenvalue weighted by molar-refractivity contribution is 7.99. The van der Waals surface area contributed by atoms with Gasteiger partial charge in [-0.25, -0.2) is 18.2 Å². The minimum atomic E-state index is -3.55. The summed E-state index contributed by atoms with van der Waals surface area (Å²) in [5.74, 6) is -0.693. The average molecular weight is 484 g/mol. The fourth-order valence-corrected chi connectivity index (χ4v) is 6.01. The van der Waals surface area contributed by atoms with Gasteiger partial charge in [0.15, 0.2) is 0 Å². The lowest BCUT2D eigenvalue weighted by atomic mass is 10.2. The molecule has 1 aliphatic rings. The Bertz CT molecular complexity index is 997. The lowest BCUT2D eigenvalue weighted by Gasteiger charge is -2.19. The fraction of sp³-hybridized carbons (Fsp3) is 0.450. The van der Waals surface area contributed by atoms with Gasteiger partial charge in [-0.2, -0.15) is 4.31 Å². The molecule has 2 aromatic rings. The Kier molecular flexibility index (Phi) is 8.47. The van der Waals surface area contributed by atoms with Crippen molar-refractivity contribution in [3.63, 3.8) is 0 Å². The second-order valence-corrected chi connectivity index (χ2v) is 10.7. The summed E-state index contributed by atoms with van der Waals surface area (Å²) < 4.78 is 32.1. The van der Waals surface area contributed by atoms with E-state index in [-0.39, 0.29) is 23.2 Å². The highest BCUT2D eigenvalue weighted by Crippen LogP contribution is 2.25. The molecule has 1 saturated heterocycles. The number of thiophene rings is 1. The molecule has 1 aliphatic heterocycles. The van der Waals surface area contributed by atoms with Crippen LogP contribution < -0.4 is 5.32 Å². The van der Waals surface area contributed by atoms with Gasteiger partial charge in [0.25, 0.3) is 0 Å². The van der Waals surface area contributed by atoms with Crippen LogP contribution in [0, 0.1) is 0 Å². The number of ether oxygens (including phenoxy) is 1. The third-order valence-electron chi connectivity index (χ3n) is 4.68. The number of hydrogen-bond acceptors (Lipinski definition) is 8. The molecule has 11 heteroatoms. The number of pyridine rings is 1. The Morgan fingerprint density at radius 2 is 1.94 bits per heavy atom. The molecule has 0 atom stereocenters. The predicted octanol–water partition coefficient (Wildman–Crippen LogP) is 3.62. The summed E-state index contributed by atoms with van der Waals surface area (Å²) >= 11 is 2.43. The summed E-state index contributed by atoms with van der Waals surface area (Å²) in [6.45, 7) is 3.05. The summed E-state index contributed by atoms with van der Waals surface area (Å²) in [4.78, 5) is 28.5. The second-order valence-electron chi connectivity index (χ2n) is 6.87. The molecule has 168 valence electrons. The van der Waals surface area contributed by atoms with Crippen LogP contribution in [-0.2, 0) is 19.6 Å². The highest BCUT2D eigenvalue weighted by atomic mass is 32.2. The normalized spacial score (nSPS) is 15.3. The van der Waals surface area contributed by atoms with E-state index in [1.165, 1.54) is 39.7 Å². The fourth-order valence-electron chi connectivity index (χ4n) is 3.11. The summed E-state index contributed by atoms with van der Waals surface area (Å²) in [7, 11) is -3.55. The number of thioether (sulfide) groups is 1. The number of aromatic nitrogens is 1. The van der Waals surface area contributed by atoms with Gasteiger partial charge in [0.1, 0.15) is 9.90 Å². The second kappa shape index (κ2) is 11.1. The van der Waals surface area contributed by atoms with Crippen molar-refractivity contribution in [3.05, 3.63) is 35.3 Å². The molecule has 0 spiro atoms. The average Bonchev–Trinajstić information content (AvgIpc) is 3.03. The Hall–Kier alpha value is -1.95. The van der Waals surface area contributed by atoms with E-state index in [1.807, 2.05) is 0 Å². The predicted molar refractivity (Wildman–Crippen MR) is 121 cm³/mol. The molecule has 31 heavy (non-hydrogen) atoms. The van der Waals surface area contributed by atoms with Crippen LogP contribution in [0.4, 0.5) is 5.00 Å². The maximum Gasteiger partial charge on any atom is 0.341 e. The first-order valence-corrected chi connectivity index (χ1v) is 13.4. The molecule has 0 aliphatic carbocycles. The van der Waals surface area contributed by atoms with Crippen LogP contribution in [0.3, 0.4) is 0 Å². The van der Waals surface area contributed by atoms with Crippen molar-refractivity contribution in [2.75, 3.05) is 30.8 Å². The van der Waals surface area contributed by atoms with E-state index in [4.69, 9.17) is 4.74 Å². The molecule has 0 saturated carbocycles. The van der Waals surface area contributed by atoms with E-state index in [2.05, 4.69) is 10.3 Å². The Labute approximate surface area is 190 Å². The molecule has 0 radical (unpaired) electrons. The van der Waals surface area contributed by atoms with Crippen molar-refractivity contribution in [2.45, 2.75) is 42.5 Å². The van der Waals surface area contributed by atoms with Crippen LogP contribution in [0.1, 0.15) is 43.0 Å². The number of carbonyl (C=O) groups is 2. The topological polar surface area (TPSA) is 106 Å². The van der Waals surface area contributed by atoms with Crippen molar-refractivity contribution >= 4 is 50.0 Å². The number of nitrogens with zero attached hydrogens (tertiary/aromatic N) is 2. The number of rotatable bonds is 8. The zero-order valence-electron chi connectivity index (χ0n) is 17.2. The summed E-state index contributed by atoms with van der Waals surface area (Å²) in [5, 5.41) is 5.40. The lowest BCUT2D eigenvalue weighted by Crippen LogP contribution is -2.32. The van der Waals surface area contributed by atoms with Gasteiger partial charge in [0.2, 0.25) is 15.9 Å². The molecule has 8 nitrogen and oxygen atoms in total. The number of amides is 1.